The number of allylic oxidation sites excluding steroid dienone is 2. The maximum Gasteiger partial charge on any atom is 0.246 e. The molecule has 4 rings (SSSR count). The Balaban J connectivity index is 2.05. The fourth-order valence-corrected chi connectivity index (χ4v) is 3.81. The van der Waals surface area contributed by atoms with Gasteiger partial charge >= 0.3 is 0 Å². The number of aryl methyl sites for hydroxylation is 1. The molecule has 0 spiro atoms. The van der Waals surface area contributed by atoms with Gasteiger partial charge in [0.1, 0.15) is 5.75 Å². The number of anilines is 1. The second-order valence-corrected chi connectivity index (χ2v) is 6.88. The van der Waals surface area contributed by atoms with E-state index in [1.165, 1.54) is 6.39 Å². The minimum atomic E-state index is -0.349. The highest BCUT2D eigenvalue weighted by atomic mass is 16.5. The molecule has 30 heavy (non-hydrogen) atoms. The van der Waals surface area contributed by atoms with Crippen LogP contribution in [0.2, 0.25) is 0 Å². The largest absolute Gasteiger partial charge is 0.496 e. The monoisotopic (exact) mass is 403 g/mol. The van der Waals surface area contributed by atoms with Gasteiger partial charge < -0.3 is 19.2 Å². The number of aromatic nitrogens is 3. The number of pyridine rings is 1. The molecule has 1 aromatic carbocycles. The van der Waals surface area contributed by atoms with Crippen molar-refractivity contribution in [2.75, 3.05) is 19.0 Å². The molecule has 152 valence electrons. The lowest BCUT2D eigenvalue weighted by atomic mass is 9.79. The first-order valence-electron chi connectivity index (χ1n) is 9.53. The third-order valence-corrected chi connectivity index (χ3v) is 5.11. The van der Waals surface area contributed by atoms with Gasteiger partial charge in [-0.3, -0.25) is 0 Å². The molecule has 0 fully saturated rings. The third-order valence-electron chi connectivity index (χ3n) is 5.11. The van der Waals surface area contributed by atoms with E-state index in [0.717, 1.165) is 33.6 Å². The molecular weight excluding hydrogens is 382 g/mol. The Morgan fingerprint density at radius 1 is 1.30 bits per heavy atom. The first-order chi connectivity index (χ1) is 14.6. The van der Waals surface area contributed by atoms with Crippen LogP contribution in [0.1, 0.15) is 47.9 Å². The molecule has 8 heteroatoms. The van der Waals surface area contributed by atoms with E-state index in [1.54, 1.807) is 25.4 Å². The van der Waals surface area contributed by atoms with Gasteiger partial charge in [-0.25, -0.2) is 4.98 Å². The van der Waals surface area contributed by atoms with E-state index < -0.39 is 0 Å². The Hall–Kier alpha value is -3.86. The average Bonchev–Trinajstić information content (AvgIpc) is 3.29. The Bertz CT molecular complexity index is 1160. The van der Waals surface area contributed by atoms with Gasteiger partial charge in [-0.15, -0.1) is 10.2 Å². The molecule has 2 aromatic heterocycles. The van der Waals surface area contributed by atoms with Gasteiger partial charge in [0, 0.05) is 23.0 Å². The summed E-state index contributed by atoms with van der Waals surface area (Å²) in [6, 6.07) is 7.54. The number of ether oxygens (including phenoxy) is 2. The number of nitrogens with one attached hydrogen (secondary N) is 1. The second-order valence-electron chi connectivity index (χ2n) is 6.88. The van der Waals surface area contributed by atoms with Gasteiger partial charge in [0.2, 0.25) is 18.2 Å². The number of methoxy groups -OCH3 is 1. The summed E-state index contributed by atoms with van der Waals surface area (Å²) in [5.74, 6) is 1.15. The smallest absolute Gasteiger partial charge is 0.246 e. The summed E-state index contributed by atoms with van der Waals surface area (Å²) in [4.78, 5) is 4.54. The van der Waals surface area contributed by atoms with Gasteiger partial charge in [-0.2, -0.15) is 5.26 Å². The van der Waals surface area contributed by atoms with E-state index in [4.69, 9.17) is 13.9 Å². The lowest BCUT2D eigenvalue weighted by Crippen LogP contribution is -2.20. The molecule has 0 radical (unpaired) electrons. The van der Waals surface area contributed by atoms with Crippen LogP contribution in [0.3, 0.4) is 0 Å². The van der Waals surface area contributed by atoms with E-state index in [-0.39, 0.29) is 5.92 Å². The molecule has 1 unspecified atom stereocenters. The first-order valence-corrected chi connectivity index (χ1v) is 9.53. The number of nitriles is 1. The normalized spacial score (nSPS) is 15.2. The van der Waals surface area contributed by atoms with E-state index in [1.807, 2.05) is 26.8 Å². The summed E-state index contributed by atoms with van der Waals surface area (Å²) in [6.07, 6.45) is 3.09. The topological polar surface area (TPSA) is 106 Å². The standard InChI is InChI=1S/C22H21N5O3/c1-5-29-21-19-18(15-7-6-14(9-23)8-16(15)28-4)17(22-27-25-11-30-22)13(3)26-20(19)12(2)10-24-21/h6-8,10-11,18,26H,5H2,1-4H3. The van der Waals surface area contributed by atoms with Crippen LogP contribution in [0.5, 0.6) is 11.6 Å². The van der Waals surface area contributed by atoms with Crippen LogP contribution in [-0.2, 0) is 0 Å². The number of nitrogens with zero attached hydrogens (tertiary/aromatic N) is 4. The van der Waals surface area contributed by atoms with E-state index in [0.29, 0.717) is 29.7 Å². The third kappa shape index (κ3) is 3.14. The van der Waals surface area contributed by atoms with E-state index >= 15 is 0 Å². The molecule has 1 aliphatic heterocycles. The van der Waals surface area contributed by atoms with Crippen LogP contribution >= 0.6 is 0 Å². The van der Waals surface area contributed by atoms with Crippen LogP contribution in [-0.4, -0.2) is 28.9 Å². The Labute approximate surface area is 174 Å². The molecule has 1 N–H and O–H groups in total. The molecule has 0 amide bonds. The molecule has 3 heterocycles. The quantitative estimate of drug-likeness (QED) is 0.680. The minimum absolute atomic E-state index is 0.349. The Morgan fingerprint density at radius 3 is 2.80 bits per heavy atom. The van der Waals surface area contributed by atoms with Crippen molar-refractivity contribution in [2.45, 2.75) is 26.7 Å². The van der Waals surface area contributed by atoms with Crippen molar-refractivity contribution < 1.29 is 13.9 Å². The molecule has 1 aliphatic rings. The van der Waals surface area contributed by atoms with Crippen LogP contribution in [0.4, 0.5) is 5.69 Å². The fourth-order valence-electron chi connectivity index (χ4n) is 3.81. The summed E-state index contributed by atoms with van der Waals surface area (Å²) >= 11 is 0. The van der Waals surface area contributed by atoms with Crippen molar-refractivity contribution in [3.63, 3.8) is 0 Å². The molecule has 0 saturated carbocycles. The predicted octanol–water partition coefficient (Wildman–Crippen LogP) is 4.04. The summed E-state index contributed by atoms with van der Waals surface area (Å²) in [6.45, 7) is 6.35. The zero-order valence-electron chi connectivity index (χ0n) is 17.2. The van der Waals surface area contributed by atoms with Gasteiger partial charge in [0.25, 0.3) is 0 Å². The minimum Gasteiger partial charge on any atom is -0.496 e. The van der Waals surface area contributed by atoms with Crippen molar-refractivity contribution >= 4 is 11.3 Å². The summed E-state index contributed by atoms with van der Waals surface area (Å²) < 4.78 is 17.1. The van der Waals surface area contributed by atoms with Crippen LogP contribution in [0, 0.1) is 18.3 Å². The lowest BCUT2D eigenvalue weighted by Gasteiger charge is -2.32. The zero-order chi connectivity index (χ0) is 21.3. The van der Waals surface area contributed by atoms with E-state index in [9.17, 15) is 5.26 Å². The van der Waals surface area contributed by atoms with E-state index in [2.05, 4.69) is 26.6 Å². The fraction of sp³-hybridized carbons (Fsp3) is 0.273. The number of fused-ring (bicyclic) bond motifs is 1. The number of rotatable bonds is 5. The molecular formula is C22H21N5O3. The number of benzene rings is 1. The first kappa shape index (κ1) is 19.5. The second kappa shape index (κ2) is 7.87. The molecule has 0 bridgehead atoms. The van der Waals surface area contributed by atoms with Crippen molar-refractivity contribution in [3.8, 4) is 17.7 Å². The SMILES string of the molecule is CCOc1ncc(C)c2c1C(c1ccc(C#N)cc1OC)C(c1nnco1)=C(C)N2. The van der Waals surface area contributed by atoms with Gasteiger partial charge in [-0.05, 0) is 38.5 Å². The van der Waals surface area contributed by atoms with Crippen molar-refractivity contribution in [2.24, 2.45) is 0 Å². The van der Waals surface area contributed by atoms with Crippen molar-refractivity contribution in [3.05, 3.63) is 64.6 Å². The molecule has 1 atom stereocenters. The Kier molecular flexibility index (Phi) is 5.11. The van der Waals surface area contributed by atoms with Crippen molar-refractivity contribution in [1.82, 2.24) is 15.2 Å². The Morgan fingerprint density at radius 2 is 2.13 bits per heavy atom. The molecule has 0 aliphatic carbocycles. The van der Waals surface area contributed by atoms with Crippen molar-refractivity contribution in [1.29, 1.82) is 5.26 Å². The molecule has 0 saturated heterocycles. The summed E-state index contributed by atoms with van der Waals surface area (Å²) in [5.41, 5.74) is 5.80. The highest BCUT2D eigenvalue weighted by Crippen LogP contribution is 2.51. The number of hydrogen-bond acceptors (Lipinski definition) is 8. The number of hydrogen-bond donors (Lipinski definition) is 1. The maximum absolute atomic E-state index is 9.32. The summed E-state index contributed by atoms with van der Waals surface area (Å²) in [7, 11) is 1.59. The lowest BCUT2D eigenvalue weighted by molar-refractivity contribution is 0.322. The predicted molar refractivity (Wildman–Crippen MR) is 110 cm³/mol. The van der Waals surface area contributed by atoms with Crippen LogP contribution in [0.15, 0.2) is 40.9 Å². The van der Waals surface area contributed by atoms with Crippen LogP contribution < -0.4 is 14.8 Å². The van der Waals surface area contributed by atoms with Crippen LogP contribution in [0.25, 0.3) is 5.57 Å². The van der Waals surface area contributed by atoms with Gasteiger partial charge in [0.05, 0.1) is 42.5 Å². The maximum atomic E-state index is 9.32. The summed E-state index contributed by atoms with van der Waals surface area (Å²) in [5, 5.41) is 20.8. The van der Waals surface area contributed by atoms with Gasteiger partial charge in [-0.1, -0.05) is 6.07 Å². The van der Waals surface area contributed by atoms with Gasteiger partial charge in [0.15, 0.2) is 0 Å². The molecule has 8 nitrogen and oxygen atoms in total. The molecule has 3 aromatic rings. The highest BCUT2D eigenvalue weighted by Gasteiger charge is 2.37. The average molecular weight is 403 g/mol. The highest BCUT2D eigenvalue weighted by molar-refractivity contribution is 5.85. The zero-order valence-corrected chi connectivity index (χ0v) is 17.2.